The Kier molecular flexibility index (Phi) is 5.16. The standard InChI is InChI=1S/C16H17Cl2NO/c1-11-4-3-5-12(2)16(11)20-9-8-19-15-10-13(17)6-7-14(15)18/h3-7,10,19H,8-9H2,1-2H3. The highest BCUT2D eigenvalue weighted by Crippen LogP contribution is 2.25. The number of hydrogen-bond donors (Lipinski definition) is 1. The van der Waals surface area contributed by atoms with Gasteiger partial charge in [-0.15, -0.1) is 0 Å². The summed E-state index contributed by atoms with van der Waals surface area (Å²) in [6.07, 6.45) is 0. The Morgan fingerprint density at radius 2 is 1.75 bits per heavy atom. The first kappa shape index (κ1) is 15.0. The molecule has 0 spiro atoms. The minimum absolute atomic E-state index is 0.564. The SMILES string of the molecule is Cc1cccc(C)c1OCCNc1cc(Cl)ccc1Cl. The van der Waals surface area contributed by atoms with Gasteiger partial charge in [0.25, 0.3) is 0 Å². The van der Waals surface area contributed by atoms with Crippen LogP contribution in [0.5, 0.6) is 5.75 Å². The molecule has 1 N–H and O–H groups in total. The van der Waals surface area contributed by atoms with Crippen LogP contribution in [-0.4, -0.2) is 13.2 Å². The lowest BCUT2D eigenvalue weighted by molar-refractivity contribution is 0.328. The van der Waals surface area contributed by atoms with E-state index >= 15 is 0 Å². The zero-order valence-corrected chi connectivity index (χ0v) is 13.1. The summed E-state index contributed by atoms with van der Waals surface area (Å²) in [7, 11) is 0. The highest BCUT2D eigenvalue weighted by atomic mass is 35.5. The van der Waals surface area contributed by atoms with Gasteiger partial charge in [0, 0.05) is 11.6 Å². The van der Waals surface area contributed by atoms with Gasteiger partial charge in [0.1, 0.15) is 12.4 Å². The molecule has 0 saturated heterocycles. The quantitative estimate of drug-likeness (QED) is 0.776. The smallest absolute Gasteiger partial charge is 0.125 e. The van der Waals surface area contributed by atoms with Gasteiger partial charge in [-0.3, -0.25) is 0 Å². The lowest BCUT2D eigenvalue weighted by atomic mass is 10.1. The zero-order chi connectivity index (χ0) is 14.5. The van der Waals surface area contributed by atoms with Gasteiger partial charge in [-0.25, -0.2) is 0 Å². The van der Waals surface area contributed by atoms with Crippen LogP contribution >= 0.6 is 23.2 Å². The third-order valence-electron chi connectivity index (χ3n) is 3.00. The van der Waals surface area contributed by atoms with Crippen LogP contribution in [0.2, 0.25) is 10.0 Å². The molecule has 0 unspecified atom stereocenters. The maximum absolute atomic E-state index is 6.08. The summed E-state index contributed by atoms with van der Waals surface area (Å²) in [4.78, 5) is 0. The van der Waals surface area contributed by atoms with E-state index in [1.807, 2.05) is 38.1 Å². The maximum Gasteiger partial charge on any atom is 0.125 e. The van der Waals surface area contributed by atoms with E-state index < -0.39 is 0 Å². The molecule has 4 heteroatoms. The van der Waals surface area contributed by atoms with Crippen molar-refractivity contribution in [3.8, 4) is 5.75 Å². The first-order valence-corrected chi connectivity index (χ1v) is 7.21. The van der Waals surface area contributed by atoms with Gasteiger partial charge in [0.15, 0.2) is 0 Å². The molecule has 2 nitrogen and oxygen atoms in total. The van der Waals surface area contributed by atoms with Gasteiger partial charge < -0.3 is 10.1 Å². The zero-order valence-electron chi connectivity index (χ0n) is 11.5. The van der Waals surface area contributed by atoms with E-state index in [0.717, 1.165) is 22.6 Å². The van der Waals surface area contributed by atoms with Gasteiger partial charge in [0.2, 0.25) is 0 Å². The number of halogens is 2. The predicted molar refractivity (Wildman–Crippen MR) is 86.4 cm³/mol. The molecule has 0 amide bonds. The molecule has 2 aromatic carbocycles. The second-order valence-electron chi connectivity index (χ2n) is 4.62. The van der Waals surface area contributed by atoms with Crippen LogP contribution in [0.3, 0.4) is 0 Å². The van der Waals surface area contributed by atoms with Crippen LogP contribution in [0, 0.1) is 13.8 Å². The van der Waals surface area contributed by atoms with Crippen LogP contribution in [0.1, 0.15) is 11.1 Å². The summed E-state index contributed by atoms with van der Waals surface area (Å²) in [6.45, 7) is 5.32. The molecular formula is C16H17Cl2NO. The largest absolute Gasteiger partial charge is 0.491 e. The highest BCUT2D eigenvalue weighted by molar-refractivity contribution is 6.35. The topological polar surface area (TPSA) is 21.3 Å². The average Bonchev–Trinajstić information content (AvgIpc) is 2.41. The molecule has 2 aromatic rings. The van der Waals surface area contributed by atoms with Gasteiger partial charge in [-0.1, -0.05) is 41.4 Å². The summed E-state index contributed by atoms with van der Waals surface area (Å²) in [5.41, 5.74) is 3.11. The lowest BCUT2D eigenvalue weighted by Crippen LogP contribution is -2.12. The van der Waals surface area contributed by atoms with Crippen molar-refractivity contribution in [2.45, 2.75) is 13.8 Å². The van der Waals surface area contributed by atoms with Crippen molar-refractivity contribution in [3.63, 3.8) is 0 Å². The first-order chi connectivity index (χ1) is 9.58. The molecule has 106 valence electrons. The molecule has 20 heavy (non-hydrogen) atoms. The Labute approximate surface area is 129 Å². The molecule has 0 heterocycles. The normalized spacial score (nSPS) is 10.4. The molecule has 0 aliphatic carbocycles. The number of benzene rings is 2. The number of nitrogens with one attached hydrogen (secondary N) is 1. The van der Waals surface area contributed by atoms with Gasteiger partial charge >= 0.3 is 0 Å². The van der Waals surface area contributed by atoms with Crippen LogP contribution in [0.25, 0.3) is 0 Å². The molecule has 0 bridgehead atoms. The fourth-order valence-electron chi connectivity index (χ4n) is 2.00. The molecule has 0 atom stereocenters. The van der Waals surface area contributed by atoms with Crippen LogP contribution in [0.4, 0.5) is 5.69 Å². The van der Waals surface area contributed by atoms with E-state index in [-0.39, 0.29) is 0 Å². The Hall–Kier alpha value is -1.38. The molecule has 2 rings (SSSR count). The fourth-order valence-corrected chi connectivity index (χ4v) is 2.36. The number of hydrogen-bond acceptors (Lipinski definition) is 2. The van der Waals surface area contributed by atoms with Crippen molar-refractivity contribution in [3.05, 3.63) is 57.6 Å². The first-order valence-electron chi connectivity index (χ1n) is 6.46. The van der Waals surface area contributed by atoms with Crippen molar-refractivity contribution in [1.82, 2.24) is 0 Å². The van der Waals surface area contributed by atoms with E-state index in [1.165, 1.54) is 0 Å². The van der Waals surface area contributed by atoms with Crippen LogP contribution in [-0.2, 0) is 0 Å². The molecule has 0 aliphatic rings. The van der Waals surface area contributed by atoms with Gasteiger partial charge in [-0.2, -0.15) is 0 Å². The number of ether oxygens (including phenoxy) is 1. The molecule has 0 saturated carbocycles. The summed E-state index contributed by atoms with van der Waals surface area (Å²) in [5, 5.41) is 4.54. The van der Waals surface area contributed by atoms with Crippen LogP contribution < -0.4 is 10.1 Å². The van der Waals surface area contributed by atoms with E-state index in [1.54, 1.807) is 12.1 Å². The van der Waals surface area contributed by atoms with Crippen molar-refractivity contribution < 1.29 is 4.74 Å². The van der Waals surface area contributed by atoms with E-state index in [2.05, 4.69) is 5.32 Å². The number of anilines is 1. The van der Waals surface area contributed by atoms with E-state index in [0.29, 0.717) is 23.2 Å². The molecule has 0 radical (unpaired) electrons. The summed E-state index contributed by atoms with van der Waals surface area (Å²) >= 11 is 12.0. The number of aryl methyl sites for hydroxylation is 2. The third-order valence-corrected chi connectivity index (χ3v) is 3.57. The molecule has 0 fully saturated rings. The van der Waals surface area contributed by atoms with Crippen molar-refractivity contribution in [2.24, 2.45) is 0 Å². The van der Waals surface area contributed by atoms with Gasteiger partial charge in [0.05, 0.1) is 10.7 Å². The average molecular weight is 310 g/mol. The number of rotatable bonds is 5. The van der Waals surface area contributed by atoms with Crippen molar-refractivity contribution in [1.29, 1.82) is 0 Å². The summed E-state index contributed by atoms with van der Waals surface area (Å²) < 4.78 is 5.82. The Morgan fingerprint density at radius 1 is 1.05 bits per heavy atom. The molecule has 0 aromatic heterocycles. The molecule has 0 aliphatic heterocycles. The molecular weight excluding hydrogens is 293 g/mol. The summed E-state index contributed by atoms with van der Waals surface area (Å²) in [5.74, 6) is 0.950. The Bertz CT molecular complexity index is 579. The highest BCUT2D eigenvalue weighted by Gasteiger charge is 2.04. The Morgan fingerprint density at radius 3 is 2.45 bits per heavy atom. The van der Waals surface area contributed by atoms with E-state index in [4.69, 9.17) is 27.9 Å². The third kappa shape index (κ3) is 3.81. The monoisotopic (exact) mass is 309 g/mol. The predicted octanol–water partition coefficient (Wildman–Crippen LogP) is 5.10. The number of para-hydroxylation sites is 1. The second-order valence-corrected chi connectivity index (χ2v) is 5.46. The van der Waals surface area contributed by atoms with Crippen molar-refractivity contribution >= 4 is 28.9 Å². The summed E-state index contributed by atoms with van der Waals surface area (Å²) in [6, 6.07) is 11.5. The van der Waals surface area contributed by atoms with Crippen LogP contribution in [0.15, 0.2) is 36.4 Å². The second kappa shape index (κ2) is 6.87. The maximum atomic E-state index is 6.08. The van der Waals surface area contributed by atoms with Crippen molar-refractivity contribution in [2.75, 3.05) is 18.5 Å². The minimum Gasteiger partial charge on any atom is -0.491 e. The lowest BCUT2D eigenvalue weighted by Gasteiger charge is -2.13. The van der Waals surface area contributed by atoms with E-state index in [9.17, 15) is 0 Å². The Balaban J connectivity index is 1.89. The van der Waals surface area contributed by atoms with Gasteiger partial charge in [-0.05, 0) is 43.2 Å². The fraction of sp³-hybridized carbons (Fsp3) is 0.250. The minimum atomic E-state index is 0.564.